The minimum absolute atomic E-state index is 0.308. The van der Waals surface area contributed by atoms with Gasteiger partial charge in [0, 0.05) is 25.8 Å². The number of aliphatic carboxylic acids is 1. The lowest BCUT2D eigenvalue weighted by atomic mass is 9.99. The SMILES string of the molecule is CN1CCCc2cc(CNC(=O)C(F)Cl)ccc21.O=C(O)C(F)(F)F. The zero-order valence-corrected chi connectivity index (χ0v) is 14.0. The van der Waals surface area contributed by atoms with E-state index in [2.05, 4.69) is 23.3 Å². The van der Waals surface area contributed by atoms with Crippen molar-refractivity contribution in [2.75, 3.05) is 18.5 Å². The van der Waals surface area contributed by atoms with E-state index >= 15 is 0 Å². The quantitative estimate of drug-likeness (QED) is 0.621. The monoisotopic (exact) mass is 384 g/mol. The summed E-state index contributed by atoms with van der Waals surface area (Å²) in [6.45, 7) is 1.38. The van der Waals surface area contributed by atoms with Gasteiger partial charge in [0.2, 0.25) is 0 Å². The van der Waals surface area contributed by atoms with Crippen LogP contribution < -0.4 is 10.2 Å². The number of carboxylic acids is 1. The average Bonchev–Trinajstić information content (AvgIpc) is 2.52. The van der Waals surface area contributed by atoms with Gasteiger partial charge in [-0.15, -0.1) is 0 Å². The first kappa shape index (κ1) is 21.0. The Morgan fingerprint density at radius 3 is 2.52 bits per heavy atom. The lowest BCUT2D eigenvalue weighted by molar-refractivity contribution is -0.192. The molecule has 2 N–H and O–H groups in total. The second-order valence-corrected chi connectivity index (χ2v) is 5.69. The van der Waals surface area contributed by atoms with Gasteiger partial charge in [-0.2, -0.15) is 13.2 Å². The maximum absolute atomic E-state index is 12.5. The van der Waals surface area contributed by atoms with Crippen molar-refractivity contribution in [1.29, 1.82) is 0 Å². The van der Waals surface area contributed by atoms with Crippen molar-refractivity contribution in [3.05, 3.63) is 29.3 Å². The molecule has 0 bridgehead atoms. The second kappa shape index (κ2) is 8.89. The zero-order valence-electron chi connectivity index (χ0n) is 13.2. The van der Waals surface area contributed by atoms with E-state index in [-0.39, 0.29) is 0 Å². The largest absolute Gasteiger partial charge is 0.490 e. The number of aryl methyl sites for hydroxylation is 1. The molecule has 1 aliphatic heterocycles. The van der Waals surface area contributed by atoms with Gasteiger partial charge < -0.3 is 15.3 Å². The van der Waals surface area contributed by atoms with E-state index in [0.717, 1.165) is 24.9 Å². The summed E-state index contributed by atoms with van der Waals surface area (Å²) in [5, 5.41) is 9.58. The van der Waals surface area contributed by atoms with Gasteiger partial charge in [-0.25, -0.2) is 9.18 Å². The van der Waals surface area contributed by atoms with Crippen molar-refractivity contribution >= 4 is 29.2 Å². The Morgan fingerprint density at radius 1 is 1.40 bits per heavy atom. The molecule has 0 aromatic heterocycles. The van der Waals surface area contributed by atoms with E-state index in [1.54, 1.807) is 0 Å². The van der Waals surface area contributed by atoms with E-state index in [0.29, 0.717) is 6.54 Å². The molecule has 1 amide bonds. The van der Waals surface area contributed by atoms with Crippen LogP contribution in [0.3, 0.4) is 0 Å². The summed E-state index contributed by atoms with van der Waals surface area (Å²) in [7, 11) is 2.07. The second-order valence-electron chi connectivity index (χ2n) is 5.31. The maximum Gasteiger partial charge on any atom is 0.490 e. The van der Waals surface area contributed by atoms with Gasteiger partial charge >= 0.3 is 12.1 Å². The van der Waals surface area contributed by atoms with E-state index in [4.69, 9.17) is 21.5 Å². The van der Waals surface area contributed by atoms with Crippen LogP contribution in [0.1, 0.15) is 17.5 Å². The lowest BCUT2D eigenvalue weighted by Gasteiger charge is -2.27. The number of nitrogens with zero attached hydrogens (tertiary/aromatic N) is 1. The number of benzene rings is 1. The Morgan fingerprint density at radius 2 is 2.00 bits per heavy atom. The molecule has 2 rings (SSSR count). The number of hydrogen-bond acceptors (Lipinski definition) is 3. The van der Waals surface area contributed by atoms with Gasteiger partial charge in [0.15, 0.2) is 0 Å². The Labute approximate surface area is 146 Å². The molecule has 5 nitrogen and oxygen atoms in total. The predicted octanol–water partition coefficient (Wildman–Crippen LogP) is 2.85. The van der Waals surface area contributed by atoms with Crippen LogP contribution in [-0.4, -0.2) is 42.4 Å². The molecule has 1 heterocycles. The highest BCUT2D eigenvalue weighted by atomic mass is 35.5. The molecule has 1 aromatic carbocycles. The first-order valence-electron chi connectivity index (χ1n) is 7.21. The van der Waals surface area contributed by atoms with Crippen molar-refractivity contribution in [2.45, 2.75) is 31.2 Å². The average molecular weight is 385 g/mol. The Kier molecular flexibility index (Phi) is 7.47. The van der Waals surface area contributed by atoms with E-state index in [1.165, 1.54) is 11.3 Å². The zero-order chi connectivity index (χ0) is 19.2. The lowest BCUT2D eigenvalue weighted by Crippen LogP contribution is -2.29. The number of carboxylic acid groups (broad SMARTS) is 1. The van der Waals surface area contributed by atoms with Gasteiger partial charge in [-0.3, -0.25) is 4.79 Å². The number of halogens is 5. The van der Waals surface area contributed by atoms with Gasteiger partial charge in [0.05, 0.1) is 0 Å². The molecule has 10 heteroatoms. The van der Waals surface area contributed by atoms with Crippen molar-refractivity contribution in [1.82, 2.24) is 5.32 Å². The van der Waals surface area contributed by atoms with Crippen LogP contribution in [0.2, 0.25) is 0 Å². The number of nitrogens with one attached hydrogen (secondary N) is 1. The Hall–Kier alpha value is -2.03. The van der Waals surface area contributed by atoms with Gasteiger partial charge in [0.1, 0.15) is 0 Å². The number of fused-ring (bicyclic) bond motifs is 1. The molecule has 1 aromatic rings. The van der Waals surface area contributed by atoms with Crippen LogP contribution in [0.15, 0.2) is 18.2 Å². The first-order chi connectivity index (χ1) is 11.5. The molecular weight excluding hydrogens is 368 g/mol. The number of carbonyl (C=O) groups is 2. The minimum Gasteiger partial charge on any atom is -0.475 e. The molecule has 0 saturated carbocycles. The molecule has 0 aliphatic carbocycles. The molecule has 0 fully saturated rings. The highest BCUT2D eigenvalue weighted by Gasteiger charge is 2.38. The minimum atomic E-state index is -5.08. The number of anilines is 1. The van der Waals surface area contributed by atoms with Crippen molar-refractivity contribution < 1.29 is 32.3 Å². The number of amides is 1. The molecule has 0 spiro atoms. The third kappa shape index (κ3) is 6.77. The summed E-state index contributed by atoms with van der Waals surface area (Å²) in [4.78, 5) is 22.1. The highest BCUT2D eigenvalue weighted by molar-refractivity contribution is 6.29. The van der Waals surface area contributed by atoms with Crippen molar-refractivity contribution in [3.8, 4) is 0 Å². The molecule has 1 aliphatic rings. The third-order valence-electron chi connectivity index (χ3n) is 3.40. The van der Waals surface area contributed by atoms with Crippen molar-refractivity contribution in [2.24, 2.45) is 0 Å². The van der Waals surface area contributed by atoms with E-state index in [1.807, 2.05) is 12.1 Å². The normalized spacial score (nSPS) is 14.7. The number of alkyl halides is 5. The molecule has 140 valence electrons. The van der Waals surface area contributed by atoms with Crippen LogP contribution >= 0.6 is 11.6 Å². The van der Waals surface area contributed by atoms with E-state index in [9.17, 15) is 22.4 Å². The topological polar surface area (TPSA) is 69.6 Å². The van der Waals surface area contributed by atoms with Crippen LogP contribution in [-0.2, 0) is 22.6 Å². The van der Waals surface area contributed by atoms with Crippen LogP contribution in [0, 0.1) is 0 Å². The molecule has 0 radical (unpaired) electrons. The summed E-state index contributed by atoms with van der Waals surface area (Å²) in [5.74, 6) is -3.54. The van der Waals surface area contributed by atoms with Crippen LogP contribution in [0.4, 0.5) is 23.2 Å². The summed E-state index contributed by atoms with van der Waals surface area (Å²) in [5.41, 5.74) is 1.50. The summed E-state index contributed by atoms with van der Waals surface area (Å²) in [6, 6.07) is 6.05. The smallest absolute Gasteiger partial charge is 0.475 e. The first-order valence-corrected chi connectivity index (χ1v) is 7.65. The van der Waals surface area contributed by atoms with Gasteiger partial charge in [-0.05, 0) is 30.0 Å². The standard InChI is InChI=1S/C13H16ClFN2O.C2HF3O2/c1-17-6-2-3-10-7-9(4-5-11(10)17)8-16-13(18)12(14)15;3-2(4,5)1(6)7/h4-5,7,12H,2-3,6,8H2,1H3,(H,16,18);(H,6,7). The fourth-order valence-corrected chi connectivity index (χ4v) is 2.29. The van der Waals surface area contributed by atoms with Crippen LogP contribution in [0.25, 0.3) is 0 Å². The summed E-state index contributed by atoms with van der Waals surface area (Å²) in [6.07, 6.45) is -2.91. The third-order valence-corrected chi connectivity index (χ3v) is 3.60. The molecule has 25 heavy (non-hydrogen) atoms. The molecule has 1 atom stereocenters. The predicted molar refractivity (Wildman–Crippen MR) is 84.3 cm³/mol. The fourth-order valence-electron chi connectivity index (χ4n) is 2.21. The van der Waals surface area contributed by atoms with Crippen LogP contribution in [0.5, 0.6) is 0 Å². The Balaban J connectivity index is 0.000000381. The Bertz CT molecular complexity index is 623. The maximum atomic E-state index is 12.5. The fraction of sp³-hybridized carbons (Fsp3) is 0.467. The van der Waals surface area contributed by atoms with Gasteiger partial charge in [0.25, 0.3) is 11.5 Å². The number of hydrogen-bond donors (Lipinski definition) is 2. The summed E-state index contributed by atoms with van der Waals surface area (Å²) < 4.78 is 44.2. The number of carbonyl (C=O) groups excluding carboxylic acids is 1. The summed E-state index contributed by atoms with van der Waals surface area (Å²) >= 11 is 5.04. The molecule has 0 saturated heterocycles. The number of rotatable bonds is 3. The van der Waals surface area contributed by atoms with E-state index < -0.39 is 23.7 Å². The van der Waals surface area contributed by atoms with Crippen molar-refractivity contribution in [3.63, 3.8) is 0 Å². The van der Waals surface area contributed by atoms with Gasteiger partial charge in [-0.1, -0.05) is 23.7 Å². The molecule has 1 unspecified atom stereocenters. The molecular formula is C15H17ClF4N2O3. The highest BCUT2D eigenvalue weighted by Crippen LogP contribution is 2.26.